The molecule has 1 saturated heterocycles. The van der Waals surface area contributed by atoms with Gasteiger partial charge < -0.3 is 5.32 Å². The topological polar surface area (TPSA) is 66.5 Å². The molecule has 1 fully saturated rings. The summed E-state index contributed by atoms with van der Waals surface area (Å²) in [7, 11) is -3.77. The zero-order valence-electron chi connectivity index (χ0n) is 15.6. The third-order valence-electron chi connectivity index (χ3n) is 4.71. The van der Waals surface area contributed by atoms with Gasteiger partial charge in [0, 0.05) is 24.6 Å². The molecule has 1 amide bonds. The molecular formula is C21H20ClFN2O3S. The fraction of sp³-hybridized carbons (Fsp3) is 0.286. The van der Waals surface area contributed by atoms with Crippen molar-refractivity contribution >= 4 is 27.5 Å². The lowest BCUT2D eigenvalue weighted by atomic mass is 9.97. The van der Waals surface area contributed by atoms with Crippen molar-refractivity contribution in [2.45, 2.75) is 17.7 Å². The van der Waals surface area contributed by atoms with Gasteiger partial charge in [0.1, 0.15) is 5.82 Å². The lowest BCUT2D eigenvalue weighted by Crippen LogP contribution is -2.43. The first-order chi connectivity index (χ1) is 13.9. The van der Waals surface area contributed by atoms with Gasteiger partial charge in [0.2, 0.25) is 15.9 Å². The second-order valence-corrected chi connectivity index (χ2v) is 8.99. The molecule has 1 N–H and O–H groups in total. The lowest BCUT2D eigenvalue weighted by Gasteiger charge is -2.30. The van der Waals surface area contributed by atoms with Gasteiger partial charge in [0.15, 0.2) is 0 Å². The molecule has 29 heavy (non-hydrogen) atoms. The number of piperidine rings is 1. The Morgan fingerprint density at radius 1 is 1.17 bits per heavy atom. The molecule has 0 bridgehead atoms. The number of carbonyl (C=O) groups is 1. The van der Waals surface area contributed by atoms with E-state index in [1.807, 2.05) is 30.3 Å². The summed E-state index contributed by atoms with van der Waals surface area (Å²) < 4.78 is 40.0. The van der Waals surface area contributed by atoms with Crippen LogP contribution in [0.15, 0.2) is 53.4 Å². The number of amides is 1. The van der Waals surface area contributed by atoms with Crippen molar-refractivity contribution < 1.29 is 17.6 Å². The lowest BCUT2D eigenvalue weighted by molar-refractivity contribution is -0.125. The monoisotopic (exact) mass is 434 g/mol. The molecule has 1 aliphatic rings. The molecule has 1 heterocycles. The van der Waals surface area contributed by atoms with Crippen molar-refractivity contribution in [1.29, 1.82) is 0 Å². The maximum Gasteiger partial charge on any atom is 0.243 e. The van der Waals surface area contributed by atoms with Gasteiger partial charge in [-0.05, 0) is 43.2 Å². The summed E-state index contributed by atoms with van der Waals surface area (Å²) in [6, 6.07) is 12.8. The molecule has 0 atom stereocenters. The second kappa shape index (κ2) is 9.40. The van der Waals surface area contributed by atoms with Crippen LogP contribution in [0.4, 0.5) is 4.39 Å². The average molecular weight is 435 g/mol. The number of hydrogen-bond donors (Lipinski definition) is 1. The third kappa shape index (κ3) is 5.36. The molecular weight excluding hydrogens is 415 g/mol. The Bertz CT molecular complexity index is 1040. The smallest absolute Gasteiger partial charge is 0.243 e. The molecule has 5 nitrogen and oxygen atoms in total. The van der Waals surface area contributed by atoms with Crippen molar-refractivity contribution in [2.24, 2.45) is 5.92 Å². The number of halogens is 2. The highest BCUT2D eigenvalue weighted by molar-refractivity contribution is 7.89. The van der Waals surface area contributed by atoms with Crippen molar-refractivity contribution in [3.63, 3.8) is 0 Å². The third-order valence-corrected chi connectivity index (χ3v) is 6.90. The fourth-order valence-corrected chi connectivity index (χ4v) is 4.83. The van der Waals surface area contributed by atoms with Crippen LogP contribution < -0.4 is 5.32 Å². The van der Waals surface area contributed by atoms with E-state index in [2.05, 4.69) is 17.2 Å². The van der Waals surface area contributed by atoms with Gasteiger partial charge in [-0.3, -0.25) is 4.79 Å². The van der Waals surface area contributed by atoms with Gasteiger partial charge in [-0.25, -0.2) is 12.8 Å². The molecule has 0 spiro atoms. The Morgan fingerprint density at radius 3 is 2.52 bits per heavy atom. The zero-order chi connectivity index (χ0) is 20.9. The number of benzene rings is 2. The second-order valence-electron chi connectivity index (χ2n) is 6.64. The van der Waals surface area contributed by atoms with Crippen LogP contribution in [-0.2, 0) is 14.8 Å². The summed E-state index contributed by atoms with van der Waals surface area (Å²) >= 11 is 5.70. The first-order valence-electron chi connectivity index (χ1n) is 9.15. The van der Waals surface area contributed by atoms with Crippen molar-refractivity contribution in [3.05, 3.63) is 64.9 Å². The standard InChI is InChI=1S/C21H20ClFN2O3S/c22-19-15-18(8-9-20(19)23)29(27,28)25-13-10-17(11-14-25)21(26)24-12-4-7-16-5-2-1-3-6-16/h1-3,5-6,8-9,15,17H,10-14H2,(H,24,26). The maximum atomic E-state index is 13.3. The van der Waals surface area contributed by atoms with E-state index in [-0.39, 0.29) is 41.4 Å². The van der Waals surface area contributed by atoms with Crippen LogP contribution in [0.3, 0.4) is 0 Å². The first kappa shape index (κ1) is 21.3. The van der Waals surface area contributed by atoms with Crippen molar-refractivity contribution in [3.8, 4) is 11.8 Å². The van der Waals surface area contributed by atoms with Gasteiger partial charge in [0.25, 0.3) is 0 Å². The van der Waals surface area contributed by atoms with Gasteiger partial charge >= 0.3 is 0 Å². The van der Waals surface area contributed by atoms with Crippen LogP contribution in [-0.4, -0.2) is 38.3 Å². The molecule has 2 aromatic rings. The molecule has 2 aromatic carbocycles. The Kier molecular flexibility index (Phi) is 6.91. The Labute approximate surface area is 174 Å². The van der Waals surface area contributed by atoms with E-state index in [0.29, 0.717) is 12.8 Å². The van der Waals surface area contributed by atoms with E-state index in [9.17, 15) is 17.6 Å². The quantitative estimate of drug-likeness (QED) is 0.752. The predicted octanol–water partition coefficient (Wildman–Crippen LogP) is 3.05. The van der Waals surface area contributed by atoms with E-state index >= 15 is 0 Å². The Hall–Kier alpha value is -2.40. The largest absolute Gasteiger partial charge is 0.345 e. The summed E-state index contributed by atoms with van der Waals surface area (Å²) in [6.07, 6.45) is 0.818. The molecule has 152 valence electrons. The van der Waals surface area contributed by atoms with Gasteiger partial charge in [-0.2, -0.15) is 4.31 Å². The zero-order valence-corrected chi connectivity index (χ0v) is 17.1. The van der Waals surface area contributed by atoms with E-state index in [0.717, 1.165) is 17.7 Å². The summed E-state index contributed by atoms with van der Waals surface area (Å²) in [5.74, 6) is 4.80. The summed E-state index contributed by atoms with van der Waals surface area (Å²) in [5.41, 5.74) is 0.876. The van der Waals surface area contributed by atoms with E-state index < -0.39 is 15.8 Å². The molecule has 3 rings (SSSR count). The number of nitrogens with one attached hydrogen (secondary N) is 1. The summed E-state index contributed by atoms with van der Waals surface area (Å²) in [5, 5.41) is 2.54. The van der Waals surface area contributed by atoms with Crippen LogP contribution >= 0.6 is 11.6 Å². The van der Waals surface area contributed by atoms with E-state index in [1.54, 1.807) is 0 Å². The highest BCUT2D eigenvalue weighted by Crippen LogP contribution is 2.26. The number of carbonyl (C=O) groups excluding carboxylic acids is 1. The molecule has 0 aliphatic carbocycles. The molecule has 0 radical (unpaired) electrons. The minimum absolute atomic E-state index is 0.0528. The summed E-state index contributed by atoms with van der Waals surface area (Å²) in [6.45, 7) is 0.663. The fourth-order valence-electron chi connectivity index (χ4n) is 3.09. The maximum absolute atomic E-state index is 13.3. The minimum atomic E-state index is -3.77. The average Bonchev–Trinajstić information content (AvgIpc) is 2.74. The van der Waals surface area contributed by atoms with Crippen LogP contribution in [0.5, 0.6) is 0 Å². The molecule has 0 aromatic heterocycles. The van der Waals surface area contributed by atoms with Crippen LogP contribution in [0.25, 0.3) is 0 Å². The number of rotatable bonds is 4. The highest BCUT2D eigenvalue weighted by atomic mass is 35.5. The van der Waals surface area contributed by atoms with Crippen LogP contribution in [0.2, 0.25) is 5.02 Å². The molecule has 0 saturated carbocycles. The molecule has 0 unspecified atom stereocenters. The number of sulfonamides is 1. The van der Waals surface area contributed by atoms with Crippen LogP contribution in [0, 0.1) is 23.6 Å². The highest BCUT2D eigenvalue weighted by Gasteiger charge is 2.32. The van der Waals surface area contributed by atoms with E-state index in [1.165, 1.54) is 10.4 Å². The van der Waals surface area contributed by atoms with Gasteiger partial charge in [-0.15, -0.1) is 0 Å². The van der Waals surface area contributed by atoms with Gasteiger partial charge in [0.05, 0.1) is 16.5 Å². The van der Waals surface area contributed by atoms with E-state index in [4.69, 9.17) is 11.6 Å². The first-order valence-corrected chi connectivity index (χ1v) is 11.0. The Balaban J connectivity index is 1.52. The van der Waals surface area contributed by atoms with Crippen molar-refractivity contribution in [1.82, 2.24) is 9.62 Å². The summed E-state index contributed by atoms with van der Waals surface area (Å²) in [4.78, 5) is 12.3. The predicted molar refractivity (Wildman–Crippen MR) is 109 cm³/mol. The Morgan fingerprint density at radius 2 is 1.86 bits per heavy atom. The number of hydrogen-bond acceptors (Lipinski definition) is 3. The molecule has 8 heteroatoms. The minimum Gasteiger partial charge on any atom is -0.345 e. The van der Waals surface area contributed by atoms with Gasteiger partial charge in [-0.1, -0.05) is 41.6 Å². The molecule has 1 aliphatic heterocycles. The van der Waals surface area contributed by atoms with Crippen LogP contribution in [0.1, 0.15) is 18.4 Å². The van der Waals surface area contributed by atoms with Crippen molar-refractivity contribution in [2.75, 3.05) is 19.6 Å². The number of nitrogens with zero attached hydrogens (tertiary/aromatic N) is 1. The normalized spacial score (nSPS) is 15.4. The SMILES string of the molecule is O=C(NCC#Cc1ccccc1)C1CCN(S(=O)(=O)c2ccc(F)c(Cl)c2)CC1.